The highest BCUT2D eigenvalue weighted by atomic mass is 16.5. The van der Waals surface area contributed by atoms with Gasteiger partial charge in [0.05, 0.1) is 26.0 Å². The molecule has 1 saturated carbocycles. The van der Waals surface area contributed by atoms with Crippen molar-refractivity contribution >= 4 is 11.6 Å². The number of carbonyl (C=O) groups excluding carboxylic acids is 1. The van der Waals surface area contributed by atoms with E-state index in [9.17, 15) is 4.79 Å². The lowest BCUT2D eigenvalue weighted by molar-refractivity contribution is -0.142. The van der Waals surface area contributed by atoms with Crippen molar-refractivity contribution in [3.05, 3.63) is 23.8 Å². The summed E-state index contributed by atoms with van der Waals surface area (Å²) in [6, 6.07) is 6.20. The van der Waals surface area contributed by atoms with Crippen LogP contribution in [0.5, 0.6) is 11.5 Å². The van der Waals surface area contributed by atoms with Gasteiger partial charge in [0, 0.05) is 17.4 Å². The summed E-state index contributed by atoms with van der Waals surface area (Å²) >= 11 is 0. The summed E-state index contributed by atoms with van der Waals surface area (Å²) in [7, 11) is 5.44. The second kappa shape index (κ2) is 8.11. The van der Waals surface area contributed by atoms with Crippen LogP contribution in [0.1, 0.15) is 44.1 Å². The van der Waals surface area contributed by atoms with Gasteiger partial charge >= 0.3 is 0 Å². The zero-order valence-corrected chi connectivity index (χ0v) is 17.2. The van der Waals surface area contributed by atoms with E-state index >= 15 is 0 Å². The Morgan fingerprint density at radius 1 is 0.964 bits per heavy atom. The van der Waals surface area contributed by atoms with E-state index in [-0.39, 0.29) is 23.8 Å². The molecule has 2 heterocycles. The van der Waals surface area contributed by atoms with Crippen molar-refractivity contribution in [2.75, 3.05) is 34.4 Å². The minimum absolute atomic E-state index is 0.0639. The fraction of sp³-hybridized carbons (Fsp3) is 0.636. The Balaban J connectivity index is 1.72. The smallest absolute Gasteiger partial charge is 0.246 e. The summed E-state index contributed by atoms with van der Waals surface area (Å²) in [6.45, 7) is 2.04. The number of methoxy groups -OCH3 is 2. The molecule has 1 saturated heterocycles. The van der Waals surface area contributed by atoms with E-state index in [0.717, 1.165) is 62.9 Å². The molecule has 2 unspecified atom stereocenters. The van der Waals surface area contributed by atoms with E-state index in [1.807, 2.05) is 17.1 Å². The van der Waals surface area contributed by atoms with E-state index in [4.69, 9.17) is 14.6 Å². The normalized spacial score (nSPS) is 26.6. The number of piperidine rings is 1. The lowest BCUT2D eigenvalue weighted by atomic mass is 9.73. The molecule has 0 spiro atoms. The van der Waals surface area contributed by atoms with Crippen LogP contribution in [0.4, 0.5) is 0 Å². The summed E-state index contributed by atoms with van der Waals surface area (Å²) in [5, 5.41) is 6.82. The monoisotopic (exact) mass is 385 g/mol. The number of ether oxygens (including phenoxy) is 2. The van der Waals surface area contributed by atoms with Gasteiger partial charge < -0.3 is 14.4 Å². The Hall–Kier alpha value is -2.08. The summed E-state index contributed by atoms with van der Waals surface area (Å²) in [5.74, 6) is 1.93. The second-order valence-electron chi connectivity index (χ2n) is 8.27. The van der Waals surface area contributed by atoms with E-state index in [1.165, 1.54) is 0 Å². The lowest BCUT2D eigenvalue weighted by Gasteiger charge is -2.43. The van der Waals surface area contributed by atoms with Gasteiger partial charge in [0.25, 0.3) is 0 Å². The van der Waals surface area contributed by atoms with Gasteiger partial charge in [-0.05, 0) is 64.0 Å². The fourth-order valence-corrected chi connectivity index (χ4v) is 4.93. The van der Waals surface area contributed by atoms with E-state index in [0.29, 0.717) is 11.5 Å². The van der Waals surface area contributed by atoms with Crippen LogP contribution in [0.15, 0.2) is 23.3 Å². The maximum atomic E-state index is 13.3. The Labute approximate surface area is 167 Å². The zero-order valence-electron chi connectivity index (χ0n) is 17.2. The summed E-state index contributed by atoms with van der Waals surface area (Å²) in [5.41, 5.74) is 2.09. The van der Waals surface area contributed by atoms with Crippen LogP contribution >= 0.6 is 0 Å². The van der Waals surface area contributed by atoms with Crippen molar-refractivity contribution in [3.8, 4) is 11.5 Å². The summed E-state index contributed by atoms with van der Waals surface area (Å²) < 4.78 is 10.9. The highest BCUT2D eigenvalue weighted by molar-refractivity contribution is 6.07. The first-order chi connectivity index (χ1) is 13.6. The van der Waals surface area contributed by atoms with Gasteiger partial charge in [0.1, 0.15) is 0 Å². The fourth-order valence-electron chi connectivity index (χ4n) is 4.93. The highest BCUT2D eigenvalue weighted by Crippen LogP contribution is 2.40. The third kappa shape index (κ3) is 3.50. The number of benzene rings is 1. The molecule has 0 bridgehead atoms. The first-order valence-electron chi connectivity index (χ1n) is 10.4. The minimum Gasteiger partial charge on any atom is -0.493 e. The van der Waals surface area contributed by atoms with Crippen LogP contribution in [0.25, 0.3) is 0 Å². The number of nitrogens with zero attached hydrogens (tertiary/aromatic N) is 3. The Bertz CT molecular complexity index is 755. The molecule has 6 nitrogen and oxygen atoms in total. The number of carbonyl (C=O) groups is 1. The van der Waals surface area contributed by atoms with Gasteiger partial charge in [-0.25, -0.2) is 5.01 Å². The molecule has 1 aromatic rings. The Morgan fingerprint density at radius 3 is 2.32 bits per heavy atom. The van der Waals surface area contributed by atoms with Crippen molar-refractivity contribution in [1.29, 1.82) is 0 Å². The number of hydrazone groups is 1. The number of amides is 1. The van der Waals surface area contributed by atoms with Crippen molar-refractivity contribution in [1.82, 2.24) is 9.91 Å². The van der Waals surface area contributed by atoms with Gasteiger partial charge in [-0.15, -0.1) is 0 Å². The molecule has 1 aliphatic carbocycles. The molecule has 0 radical (unpaired) electrons. The first-order valence-corrected chi connectivity index (χ1v) is 10.4. The molecular formula is C22H31N3O3. The number of fused-ring (bicyclic) bond motifs is 1. The molecule has 28 heavy (non-hydrogen) atoms. The summed E-state index contributed by atoms with van der Waals surface area (Å²) in [6.07, 6.45) is 6.27. The number of rotatable bonds is 4. The van der Waals surface area contributed by atoms with E-state index < -0.39 is 0 Å². The van der Waals surface area contributed by atoms with Crippen molar-refractivity contribution in [2.45, 2.75) is 44.6 Å². The maximum Gasteiger partial charge on any atom is 0.246 e. The predicted molar refractivity (Wildman–Crippen MR) is 109 cm³/mol. The van der Waals surface area contributed by atoms with Crippen LogP contribution in [-0.4, -0.2) is 61.9 Å². The maximum absolute atomic E-state index is 13.3. The molecule has 2 atom stereocenters. The molecule has 4 rings (SSSR count). The largest absolute Gasteiger partial charge is 0.493 e. The van der Waals surface area contributed by atoms with Gasteiger partial charge in [0.2, 0.25) is 5.91 Å². The second-order valence-corrected chi connectivity index (χ2v) is 8.27. The molecule has 2 aliphatic heterocycles. The highest BCUT2D eigenvalue weighted by Gasteiger charge is 2.43. The van der Waals surface area contributed by atoms with Crippen molar-refractivity contribution in [2.24, 2.45) is 16.9 Å². The third-order valence-electron chi connectivity index (χ3n) is 6.59. The molecular weight excluding hydrogens is 354 g/mol. The standard InChI is InChI=1S/C22H31N3O3/c1-24-12-10-16(11-13-24)25-22(26)18-7-5-4-6-17(18)21(23-25)15-8-9-19(27-2)20(14-15)28-3/h8-9,14,16-18H,4-7,10-13H2,1-3H3. The Morgan fingerprint density at radius 2 is 1.64 bits per heavy atom. The quantitative estimate of drug-likeness (QED) is 0.799. The SMILES string of the molecule is COc1ccc(C2=NN(C3CCN(C)CC3)C(=O)C3CCCCC23)cc1OC. The van der Waals surface area contributed by atoms with Crippen LogP contribution < -0.4 is 9.47 Å². The molecule has 152 valence electrons. The van der Waals surface area contributed by atoms with Gasteiger partial charge in [-0.1, -0.05) is 12.8 Å². The lowest BCUT2D eigenvalue weighted by Crippen LogP contribution is -2.52. The molecule has 0 N–H and O–H groups in total. The van der Waals surface area contributed by atoms with Gasteiger partial charge in [0.15, 0.2) is 11.5 Å². The molecule has 0 aromatic heterocycles. The molecule has 2 fully saturated rings. The van der Waals surface area contributed by atoms with Gasteiger partial charge in [-0.2, -0.15) is 5.10 Å². The van der Waals surface area contributed by atoms with Crippen LogP contribution in [0.3, 0.4) is 0 Å². The number of likely N-dealkylation sites (tertiary alicyclic amines) is 1. The minimum atomic E-state index is 0.0639. The third-order valence-corrected chi connectivity index (χ3v) is 6.59. The van der Waals surface area contributed by atoms with Gasteiger partial charge in [-0.3, -0.25) is 4.79 Å². The van der Waals surface area contributed by atoms with Crippen LogP contribution in [0.2, 0.25) is 0 Å². The van der Waals surface area contributed by atoms with E-state index in [1.54, 1.807) is 14.2 Å². The topological polar surface area (TPSA) is 54.4 Å². The predicted octanol–water partition coefficient (Wildman–Crippen LogP) is 3.15. The van der Waals surface area contributed by atoms with E-state index in [2.05, 4.69) is 18.0 Å². The zero-order chi connectivity index (χ0) is 19.7. The van der Waals surface area contributed by atoms with Crippen LogP contribution in [-0.2, 0) is 4.79 Å². The van der Waals surface area contributed by atoms with Crippen molar-refractivity contribution in [3.63, 3.8) is 0 Å². The molecule has 1 amide bonds. The first kappa shape index (κ1) is 19.2. The van der Waals surface area contributed by atoms with Crippen molar-refractivity contribution < 1.29 is 14.3 Å². The molecule has 1 aromatic carbocycles. The molecule has 6 heteroatoms. The average molecular weight is 386 g/mol. The van der Waals surface area contributed by atoms with Crippen LogP contribution in [0, 0.1) is 11.8 Å². The average Bonchev–Trinajstić information content (AvgIpc) is 2.74. The summed E-state index contributed by atoms with van der Waals surface area (Å²) in [4.78, 5) is 15.6. The number of hydrogen-bond acceptors (Lipinski definition) is 5. The molecule has 3 aliphatic rings. The Kier molecular flexibility index (Phi) is 5.58. The number of hydrogen-bond donors (Lipinski definition) is 0.